The van der Waals surface area contributed by atoms with Crippen molar-refractivity contribution in [1.82, 2.24) is 10.2 Å². The van der Waals surface area contributed by atoms with Gasteiger partial charge in [0.15, 0.2) is 0 Å². The molecule has 5 heteroatoms. The first-order valence-electron chi connectivity index (χ1n) is 8.67. The Morgan fingerprint density at radius 1 is 1.20 bits per heavy atom. The summed E-state index contributed by atoms with van der Waals surface area (Å²) in [6.45, 7) is 0.556. The predicted octanol–water partition coefficient (Wildman–Crippen LogP) is 3.06. The van der Waals surface area contributed by atoms with E-state index < -0.39 is 0 Å². The SMILES string of the molecule is O=C(NCCc1ccccc1F)N(CCO)C1CCc2ccccc21. The molecule has 1 aliphatic rings. The number of aliphatic hydroxyl groups excluding tert-OH is 1. The second kappa shape index (κ2) is 8.12. The molecule has 0 heterocycles. The lowest BCUT2D eigenvalue weighted by molar-refractivity contribution is 0.151. The van der Waals surface area contributed by atoms with Crippen LogP contribution in [0.1, 0.15) is 29.2 Å². The van der Waals surface area contributed by atoms with Crippen molar-refractivity contribution >= 4 is 6.03 Å². The average Bonchev–Trinajstić information content (AvgIpc) is 3.05. The summed E-state index contributed by atoms with van der Waals surface area (Å²) >= 11 is 0. The van der Waals surface area contributed by atoms with Crippen LogP contribution in [0.4, 0.5) is 9.18 Å². The van der Waals surface area contributed by atoms with E-state index in [9.17, 15) is 14.3 Å². The summed E-state index contributed by atoms with van der Waals surface area (Å²) < 4.78 is 13.6. The second-order valence-electron chi connectivity index (χ2n) is 6.24. The van der Waals surface area contributed by atoms with Gasteiger partial charge < -0.3 is 15.3 Å². The molecule has 2 aromatic carbocycles. The zero-order valence-electron chi connectivity index (χ0n) is 14.1. The number of aliphatic hydroxyl groups is 1. The van der Waals surface area contributed by atoms with Gasteiger partial charge in [0.25, 0.3) is 0 Å². The van der Waals surface area contributed by atoms with Crippen LogP contribution in [0.25, 0.3) is 0 Å². The molecular formula is C20H23FN2O2. The maximum absolute atomic E-state index is 13.6. The molecular weight excluding hydrogens is 319 g/mol. The van der Waals surface area contributed by atoms with E-state index in [0.29, 0.717) is 18.5 Å². The van der Waals surface area contributed by atoms with E-state index >= 15 is 0 Å². The van der Waals surface area contributed by atoms with Crippen LogP contribution in [-0.4, -0.2) is 35.7 Å². The topological polar surface area (TPSA) is 52.6 Å². The Bertz CT molecular complexity index is 735. The zero-order chi connectivity index (χ0) is 17.6. The highest BCUT2D eigenvalue weighted by molar-refractivity contribution is 5.75. The smallest absolute Gasteiger partial charge is 0.318 e. The molecule has 0 bridgehead atoms. The maximum atomic E-state index is 13.6. The molecule has 0 spiro atoms. The first-order valence-corrected chi connectivity index (χ1v) is 8.67. The van der Waals surface area contributed by atoms with Gasteiger partial charge in [0.05, 0.1) is 12.6 Å². The third-order valence-electron chi connectivity index (χ3n) is 4.71. The van der Waals surface area contributed by atoms with E-state index in [0.717, 1.165) is 18.4 Å². The Hall–Kier alpha value is -2.40. The molecule has 0 aliphatic heterocycles. The normalized spacial score (nSPS) is 15.7. The van der Waals surface area contributed by atoms with Gasteiger partial charge in [-0.3, -0.25) is 0 Å². The van der Waals surface area contributed by atoms with Crippen molar-refractivity contribution in [1.29, 1.82) is 0 Å². The third-order valence-corrected chi connectivity index (χ3v) is 4.71. The largest absolute Gasteiger partial charge is 0.395 e. The minimum Gasteiger partial charge on any atom is -0.395 e. The Labute approximate surface area is 147 Å². The fraction of sp³-hybridized carbons (Fsp3) is 0.350. The van der Waals surface area contributed by atoms with Crippen LogP contribution >= 0.6 is 0 Å². The van der Waals surface area contributed by atoms with Crippen LogP contribution in [0.15, 0.2) is 48.5 Å². The van der Waals surface area contributed by atoms with E-state index in [4.69, 9.17) is 0 Å². The summed E-state index contributed by atoms with van der Waals surface area (Å²) in [6, 6.07) is 14.5. The van der Waals surface area contributed by atoms with Crippen LogP contribution < -0.4 is 5.32 Å². The molecule has 2 amide bonds. The van der Waals surface area contributed by atoms with Crippen molar-refractivity contribution in [2.45, 2.75) is 25.3 Å². The number of hydrogen-bond acceptors (Lipinski definition) is 2. The number of carbonyl (C=O) groups excluding carboxylic acids is 1. The van der Waals surface area contributed by atoms with Crippen LogP contribution in [0, 0.1) is 5.82 Å². The Morgan fingerprint density at radius 3 is 2.76 bits per heavy atom. The van der Waals surface area contributed by atoms with Crippen molar-refractivity contribution in [2.24, 2.45) is 0 Å². The summed E-state index contributed by atoms with van der Waals surface area (Å²) in [5, 5.41) is 12.2. The summed E-state index contributed by atoms with van der Waals surface area (Å²) in [5.41, 5.74) is 3.00. The van der Waals surface area contributed by atoms with E-state index in [1.807, 2.05) is 18.2 Å². The van der Waals surface area contributed by atoms with Crippen molar-refractivity contribution in [2.75, 3.05) is 19.7 Å². The fourth-order valence-electron chi connectivity index (χ4n) is 3.47. The number of halogens is 1. The predicted molar refractivity (Wildman–Crippen MR) is 94.8 cm³/mol. The van der Waals surface area contributed by atoms with Crippen LogP contribution in [-0.2, 0) is 12.8 Å². The monoisotopic (exact) mass is 342 g/mol. The van der Waals surface area contributed by atoms with Crippen molar-refractivity contribution in [3.05, 3.63) is 71.0 Å². The number of hydrogen-bond donors (Lipinski definition) is 2. The van der Waals surface area contributed by atoms with E-state index in [1.54, 1.807) is 23.1 Å². The summed E-state index contributed by atoms with van der Waals surface area (Å²) in [7, 11) is 0. The molecule has 4 nitrogen and oxygen atoms in total. The number of rotatable bonds is 6. The summed E-state index contributed by atoms with van der Waals surface area (Å²) in [6.07, 6.45) is 2.23. The van der Waals surface area contributed by atoms with Crippen molar-refractivity contribution < 1.29 is 14.3 Å². The number of fused-ring (bicyclic) bond motifs is 1. The highest BCUT2D eigenvalue weighted by Crippen LogP contribution is 2.35. The number of nitrogens with zero attached hydrogens (tertiary/aromatic N) is 1. The molecule has 25 heavy (non-hydrogen) atoms. The molecule has 1 atom stereocenters. The molecule has 1 unspecified atom stereocenters. The van der Waals surface area contributed by atoms with Crippen LogP contribution in [0.2, 0.25) is 0 Å². The average molecular weight is 342 g/mol. The lowest BCUT2D eigenvalue weighted by Crippen LogP contribution is -2.43. The quantitative estimate of drug-likeness (QED) is 0.848. The molecule has 3 rings (SSSR count). The number of urea groups is 1. The van der Waals surface area contributed by atoms with Gasteiger partial charge in [0.1, 0.15) is 5.82 Å². The highest BCUT2D eigenvalue weighted by atomic mass is 19.1. The number of benzene rings is 2. The van der Waals surface area contributed by atoms with Crippen molar-refractivity contribution in [3.8, 4) is 0 Å². The summed E-state index contributed by atoms with van der Waals surface area (Å²) in [4.78, 5) is 14.3. The third kappa shape index (κ3) is 3.99. The van der Waals surface area contributed by atoms with Gasteiger partial charge in [0, 0.05) is 13.1 Å². The molecule has 2 aromatic rings. The van der Waals surface area contributed by atoms with Crippen LogP contribution in [0.5, 0.6) is 0 Å². The van der Waals surface area contributed by atoms with Gasteiger partial charge in [-0.05, 0) is 42.0 Å². The lowest BCUT2D eigenvalue weighted by atomic mass is 10.1. The molecule has 1 aliphatic carbocycles. The van der Waals surface area contributed by atoms with Crippen molar-refractivity contribution in [3.63, 3.8) is 0 Å². The minimum atomic E-state index is -0.256. The maximum Gasteiger partial charge on any atom is 0.318 e. The van der Waals surface area contributed by atoms with Gasteiger partial charge in [-0.1, -0.05) is 42.5 Å². The molecule has 0 fully saturated rings. The molecule has 0 aromatic heterocycles. The number of amides is 2. The molecule has 2 N–H and O–H groups in total. The Morgan fingerprint density at radius 2 is 1.96 bits per heavy atom. The number of carbonyl (C=O) groups is 1. The summed E-state index contributed by atoms with van der Waals surface area (Å²) in [5.74, 6) is -0.256. The van der Waals surface area contributed by atoms with E-state index in [1.165, 1.54) is 11.6 Å². The second-order valence-corrected chi connectivity index (χ2v) is 6.24. The zero-order valence-corrected chi connectivity index (χ0v) is 14.1. The number of aryl methyl sites for hydroxylation is 1. The molecule has 0 saturated heterocycles. The van der Waals surface area contributed by atoms with E-state index in [-0.39, 0.29) is 31.0 Å². The van der Waals surface area contributed by atoms with Crippen LogP contribution in [0.3, 0.4) is 0 Å². The van der Waals surface area contributed by atoms with Gasteiger partial charge in [-0.25, -0.2) is 9.18 Å². The van der Waals surface area contributed by atoms with Gasteiger partial charge in [-0.15, -0.1) is 0 Å². The fourth-order valence-corrected chi connectivity index (χ4v) is 3.47. The van der Waals surface area contributed by atoms with E-state index in [2.05, 4.69) is 11.4 Å². The molecule has 0 radical (unpaired) electrons. The first-order chi connectivity index (χ1) is 12.2. The van der Waals surface area contributed by atoms with Gasteiger partial charge >= 0.3 is 6.03 Å². The van der Waals surface area contributed by atoms with Gasteiger partial charge in [-0.2, -0.15) is 0 Å². The Balaban J connectivity index is 1.63. The standard InChI is InChI=1S/C20H23FN2O2/c21-18-8-4-2-6-16(18)11-12-22-20(25)23(13-14-24)19-10-9-15-5-1-3-7-17(15)19/h1-8,19,24H,9-14H2,(H,22,25). The molecule has 132 valence electrons. The van der Waals surface area contributed by atoms with Gasteiger partial charge in [0.2, 0.25) is 0 Å². The number of nitrogens with one attached hydrogen (secondary N) is 1. The Kier molecular flexibility index (Phi) is 5.66. The molecule has 0 saturated carbocycles. The lowest BCUT2D eigenvalue weighted by Gasteiger charge is -2.29. The highest BCUT2D eigenvalue weighted by Gasteiger charge is 2.30. The first kappa shape index (κ1) is 17.4. The minimum absolute atomic E-state index is 0.0168.